The Labute approximate surface area is 113 Å². The van der Waals surface area contributed by atoms with Gasteiger partial charge >= 0.3 is 5.69 Å². The van der Waals surface area contributed by atoms with Crippen molar-refractivity contribution < 1.29 is 0 Å². The van der Waals surface area contributed by atoms with Crippen molar-refractivity contribution in [3.8, 4) is 0 Å². The highest BCUT2D eigenvalue weighted by Gasteiger charge is 2.12. The molecule has 0 N–H and O–H groups in total. The standard InChI is InChI=1S/C13H13BrN2O2/c1-9-11(14)12(17)16(13(18)15(9)2)8-10-6-4-3-5-7-10/h3-7H,8H2,1-2H3. The minimum absolute atomic E-state index is 0.283. The Balaban J connectivity index is 2.60. The van der Waals surface area contributed by atoms with Gasteiger partial charge < -0.3 is 0 Å². The van der Waals surface area contributed by atoms with Crippen molar-refractivity contribution in [3.05, 3.63) is 66.9 Å². The maximum atomic E-state index is 12.1. The van der Waals surface area contributed by atoms with E-state index >= 15 is 0 Å². The van der Waals surface area contributed by atoms with Gasteiger partial charge in [-0.2, -0.15) is 0 Å². The predicted molar refractivity (Wildman–Crippen MR) is 73.9 cm³/mol. The summed E-state index contributed by atoms with van der Waals surface area (Å²) in [7, 11) is 1.66. The fourth-order valence-electron chi connectivity index (χ4n) is 1.74. The first kappa shape index (κ1) is 12.8. The molecule has 1 aromatic heterocycles. The van der Waals surface area contributed by atoms with Crippen molar-refractivity contribution in [2.75, 3.05) is 0 Å². The second-order valence-electron chi connectivity index (χ2n) is 4.12. The van der Waals surface area contributed by atoms with Gasteiger partial charge in [-0.05, 0) is 28.4 Å². The molecule has 0 saturated carbocycles. The van der Waals surface area contributed by atoms with Crippen molar-refractivity contribution in [1.29, 1.82) is 0 Å². The smallest absolute Gasteiger partial charge is 0.300 e. The van der Waals surface area contributed by atoms with Gasteiger partial charge in [0.1, 0.15) is 4.47 Å². The number of benzene rings is 1. The van der Waals surface area contributed by atoms with Crippen LogP contribution in [0.25, 0.3) is 0 Å². The number of nitrogens with zero attached hydrogens (tertiary/aromatic N) is 2. The van der Waals surface area contributed by atoms with E-state index in [1.807, 2.05) is 30.3 Å². The summed E-state index contributed by atoms with van der Waals surface area (Å²) in [6, 6.07) is 9.44. The lowest BCUT2D eigenvalue weighted by Crippen LogP contribution is -2.40. The maximum absolute atomic E-state index is 12.1. The van der Waals surface area contributed by atoms with Crippen LogP contribution in [0.2, 0.25) is 0 Å². The fourth-order valence-corrected chi connectivity index (χ4v) is 2.22. The van der Waals surface area contributed by atoms with Gasteiger partial charge in [-0.3, -0.25) is 13.9 Å². The average molecular weight is 309 g/mol. The lowest BCUT2D eigenvalue weighted by Gasteiger charge is -2.11. The van der Waals surface area contributed by atoms with Gasteiger partial charge in [0.2, 0.25) is 0 Å². The summed E-state index contributed by atoms with van der Waals surface area (Å²) in [4.78, 5) is 24.1. The average Bonchev–Trinajstić information content (AvgIpc) is 2.40. The first-order valence-corrected chi connectivity index (χ1v) is 6.31. The van der Waals surface area contributed by atoms with Crippen LogP contribution in [0.5, 0.6) is 0 Å². The third-order valence-electron chi connectivity index (χ3n) is 2.96. The van der Waals surface area contributed by atoms with Crippen molar-refractivity contribution in [2.45, 2.75) is 13.5 Å². The largest absolute Gasteiger partial charge is 0.331 e. The van der Waals surface area contributed by atoms with E-state index in [0.717, 1.165) is 5.56 Å². The molecule has 18 heavy (non-hydrogen) atoms. The Morgan fingerprint density at radius 1 is 1.17 bits per heavy atom. The molecule has 0 aliphatic carbocycles. The fraction of sp³-hybridized carbons (Fsp3) is 0.231. The molecule has 5 heteroatoms. The molecule has 0 saturated heterocycles. The van der Waals surface area contributed by atoms with E-state index < -0.39 is 0 Å². The topological polar surface area (TPSA) is 44.0 Å². The SMILES string of the molecule is Cc1c(Br)c(=O)n(Cc2ccccc2)c(=O)n1C. The Kier molecular flexibility index (Phi) is 3.52. The van der Waals surface area contributed by atoms with Crippen LogP contribution in [-0.2, 0) is 13.6 Å². The zero-order chi connectivity index (χ0) is 13.3. The molecule has 0 aliphatic rings. The van der Waals surface area contributed by atoms with Gasteiger partial charge in [0, 0.05) is 12.7 Å². The monoisotopic (exact) mass is 308 g/mol. The number of hydrogen-bond acceptors (Lipinski definition) is 2. The third kappa shape index (κ3) is 2.18. The van der Waals surface area contributed by atoms with Crippen LogP contribution >= 0.6 is 15.9 Å². The van der Waals surface area contributed by atoms with Crippen molar-refractivity contribution in [2.24, 2.45) is 7.05 Å². The highest BCUT2D eigenvalue weighted by Crippen LogP contribution is 2.07. The molecule has 94 valence electrons. The molecular weight excluding hydrogens is 296 g/mol. The molecule has 0 bridgehead atoms. The summed E-state index contributed by atoms with van der Waals surface area (Å²) in [6.45, 7) is 2.02. The number of rotatable bonds is 2. The van der Waals surface area contributed by atoms with Gasteiger partial charge in [0.25, 0.3) is 5.56 Å². The predicted octanol–water partition coefficient (Wildman–Crippen LogP) is 1.67. The van der Waals surface area contributed by atoms with Crippen LogP contribution in [-0.4, -0.2) is 9.13 Å². The van der Waals surface area contributed by atoms with Gasteiger partial charge in [0.05, 0.1) is 6.54 Å². The first-order valence-electron chi connectivity index (χ1n) is 5.52. The minimum Gasteiger partial charge on any atom is -0.300 e. The molecule has 0 radical (unpaired) electrons. The van der Waals surface area contributed by atoms with Gasteiger partial charge in [-0.1, -0.05) is 30.3 Å². The summed E-state index contributed by atoms with van der Waals surface area (Å²) in [5.41, 5.74) is 0.964. The Morgan fingerprint density at radius 3 is 2.39 bits per heavy atom. The second kappa shape index (κ2) is 4.94. The summed E-state index contributed by atoms with van der Waals surface area (Å²) in [5, 5.41) is 0. The van der Waals surface area contributed by atoms with Gasteiger partial charge in [0.15, 0.2) is 0 Å². The first-order chi connectivity index (χ1) is 8.52. The number of aromatic nitrogens is 2. The zero-order valence-corrected chi connectivity index (χ0v) is 11.8. The van der Waals surface area contributed by atoms with Crippen LogP contribution in [0.4, 0.5) is 0 Å². The van der Waals surface area contributed by atoms with Crippen LogP contribution in [0, 0.1) is 6.92 Å². The Bertz CT molecular complexity index is 649. The van der Waals surface area contributed by atoms with Crippen LogP contribution in [0.3, 0.4) is 0 Å². The van der Waals surface area contributed by atoms with E-state index in [9.17, 15) is 9.59 Å². The van der Waals surface area contributed by atoms with Crippen LogP contribution < -0.4 is 11.2 Å². The van der Waals surface area contributed by atoms with Gasteiger partial charge in [-0.25, -0.2) is 4.79 Å². The van der Waals surface area contributed by atoms with E-state index in [2.05, 4.69) is 15.9 Å². The van der Waals surface area contributed by atoms with E-state index in [1.165, 1.54) is 9.13 Å². The van der Waals surface area contributed by atoms with Crippen molar-refractivity contribution in [1.82, 2.24) is 9.13 Å². The number of hydrogen-bond donors (Lipinski definition) is 0. The summed E-state index contributed by atoms with van der Waals surface area (Å²) in [6.07, 6.45) is 0. The highest BCUT2D eigenvalue weighted by atomic mass is 79.9. The molecule has 0 unspecified atom stereocenters. The molecule has 0 amide bonds. The van der Waals surface area contributed by atoms with Crippen molar-refractivity contribution >= 4 is 15.9 Å². The lowest BCUT2D eigenvalue weighted by atomic mass is 10.2. The Hall–Kier alpha value is -1.62. The van der Waals surface area contributed by atoms with E-state index in [0.29, 0.717) is 10.2 Å². The van der Waals surface area contributed by atoms with Gasteiger partial charge in [-0.15, -0.1) is 0 Å². The summed E-state index contributed by atoms with van der Waals surface area (Å²) in [5.74, 6) is 0. The molecule has 2 aromatic rings. The lowest BCUT2D eigenvalue weighted by molar-refractivity contribution is 0.621. The molecular formula is C13H13BrN2O2. The van der Waals surface area contributed by atoms with E-state index in [-0.39, 0.29) is 17.8 Å². The highest BCUT2D eigenvalue weighted by molar-refractivity contribution is 9.10. The zero-order valence-electron chi connectivity index (χ0n) is 10.2. The third-order valence-corrected chi connectivity index (χ3v) is 3.87. The number of halogens is 1. The molecule has 1 aromatic carbocycles. The van der Waals surface area contributed by atoms with Crippen LogP contribution in [0.15, 0.2) is 44.4 Å². The molecule has 4 nitrogen and oxygen atoms in total. The molecule has 1 heterocycles. The van der Waals surface area contributed by atoms with Crippen molar-refractivity contribution in [3.63, 3.8) is 0 Å². The second-order valence-corrected chi connectivity index (χ2v) is 4.91. The summed E-state index contributed by atoms with van der Waals surface area (Å²) < 4.78 is 3.13. The molecule has 0 spiro atoms. The quantitative estimate of drug-likeness (QED) is 0.847. The summed E-state index contributed by atoms with van der Waals surface area (Å²) >= 11 is 3.24. The van der Waals surface area contributed by atoms with Crippen LogP contribution in [0.1, 0.15) is 11.3 Å². The molecule has 2 rings (SSSR count). The molecule has 0 atom stereocenters. The van der Waals surface area contributed by atoms with E-state index in [4.69, 9.17) is 0 Å². The minimum atomic E-state index is -0.301. The van der Waals surface area contributed by atoms with E-state index in [1.54, 1.807) is 14.0 Å². The Morgan fingerprint density at radius 2 is 1.78 bits per heavy atom. The maximum Gasteiger partial charge on any atom is 0.331 e. The normalized spacial score (nSPS) is 10.6. The molecule has 0 fully saturated rings. The molecule has 0 aliphatic heterocycles.